The van der Waals surface area contributed by atoms with Crippen molar-refractivity contribution in [1.29, 1.82) is 0 Å². The number of hydrogen-bond acceptors (Lipinski definition) is 9. The van der Waals surface area contributed by atoms with Gasteiger partial charge in [-0.2, -0.15) is 4.98 Å². The van der Waals surface area contributed by atoms with E-state index in [9.17, 15) is 27.2 Å². The van der Waals surface area contributed by atoms with E-state index in [1.165, 1.54) is 23.1 Å². The predicted molar refractivity (Wildman–Crippen MR) is 192 cm³/mol. The Hall–Kier alpha value is -4.85. The fourth-order valence-electron chi connectivity index (χ4n) is 6.80. The lowest BCUT2D eigenvalue weighted by molar-refractivity contribution is -0.137. The molecule has 1 aliphatic heterocycles. The summed E-state index contributed by atoms with van der Waals surface area (Å²) in [5, 5.41) is 0.0640. The number of nitrogens with zero attached hydrogens (tertiary/aromatic N) is 3. The van der Waals surface area contributed by atoms with Crippen LogP contribution in [0.25, 0.3) is 33.5 Å². The summed E-state index contributed by atoms with van der Waals surface area (Å²) in [4.78, 5) is 48.9. The maximum atomic E-state index is 14.3. The van der Waals surface area contributed by atoms with Gasteiger partial charge in [0, 0.05) is 29.7 Å². The van der Waals surface area contributed by atoms with E-state index in [-0.39, 0.29) is 48.6 Å². The molecule has 7 rings (SSSR count). The number of primary amides is 1. The number of carbonyl (C=O) groups excluding carboxylic acids is 3. The molecule has 52 heavy (non-hydrogen) atoms. The van der Waals surface area contributed by atoms with Crippen molar-refractivity contribution in [3.8, 4) is 17.3 Å². The van der Waals surface area contributed by atoms with Gasteiger partial charge < -0.3 is 19.8 Å². The van der Waals surface area contributed by atoms with Crippen molar-refractivity contribution in [3.05, 3.63) is 66.0 Å². The number of unbranched alkanes of at least 4 members (excludes halogenated alkanes) is 4. The Balaban J connectivity index is 0.918. The zero-order valence-corrected chi connectivity index (χ0v) is 29.7. The molecule has 0 spiro atoms. The smallest absolute Gasteiger partial charge is 0.262 e. The van der Waals surface area contributed by atoms with E-state index >= 15 is 0 Å². The molecule has 12 nitrogen and oxygen atoms in total. The van der Waals surface area contributed by atoms with Crippen molar-refractivity contribution in [1.82, 2.24) is 19.6 Å². The van der Waals surface area contributed by atoms with Crippen LogP contribution in [0.3, 0.4) is 0 Å². The second-order valence-electron chi connectivity index (χ2n) is 14.2. The maximum absolute atomic E-state index is 14.3. The summed E-state index contributed by atoms with van der Waals surface area (Å²) in [6, 6.07) is 11.0. The van der Waals surface area contributed by atoms with Gasteiger partial charge in [0.2, 0.25) is 33.3 Å². The molecular formula is C38H42FN5O7S. The number of likely N-dealkylation sites (tertiary alicyclic amines) is 1. The van der Waals surface area contributed by atoms with Crippen LogP contribution in [-0.2, 0) is 24.4 Å². The number of fused-ring (bicyclic) bond motifs is 3. The van der Waals surface area contributed by atoms with Crippen LogP contribution in [0.15, 0.2) is 59.0 Å². The monoisotopic (exact) mass is 731 g/mol. The number of amides is 3. The van der Waals surface area contributed by atoms with Gasteiger partial charge in [-0.05, 0) is 69.6 Å². The third-order valence-electron chi connectivity index (χ3n) is 10.0. The first kappa shape index (κ1) is 35.5. The number of allylic oxidation sites excluding steroid dienone is 2. The third kappa shape index (κ3) is 7.96. The highest BCUT2D eigenvalue weighted by molar-refractivity contribution is 7.90. The Labute approximate surface area is 301 Å². The number of furan rings is 1. The standard InChI is InChI=1S/C38H42FN5O7S/c1-22-10-12-23(13-11-22)36-41-33-29-19-25(39)14-17-31(29)51-34(33)38(42-36)50-26-20-30(35(40)46)44(21-26)32(45)9-7-5-3-2-4-6-8-24-18-28(24)37(47)43-52(48,49)27-15-16-27/h6,8,10-14,17,19,24,26-28,30H,2-5,7,9,15-16,18,20-21H2,1H3,(H2,40,46)(H,43,47)/b8-6-/t24-,26-,28+,30+/m1/s1. The highest BCUT2D eigenvalue weighted by Gasteiger charge is 2.45. The number of carbonyl (C=O) groups is 3. The van der Waals surface area contributed by atoms with E-state index < -0.39 is 45.1 Å². The van der Waals surface area contributed by atoms with Crippen LogP contribution in [0.5, 0.6) is 5.88 Å². The molecular weight excluding hydrogens is 690 g/mol. The molecule has 0 bridgehead atoms. The topological polar surface area (TPSA) is 175 Å². The van der Waals surface area contributed by atoms with E-state index in [0.29, 0.717) is 48.0 Å². The average Bonchev–Trinajstić information content (AvgIpc) is 4.03. The van der Waals surface area contributed by atoms with Crippen molar-refractivity contribution in [2.45, 2.75) is 88.5 Å². The minimum absolute atomic E-state index is 0.0809. The molecule has 14 heteroatoms. The molecule has 3 aliphatic rings. The average molecular weight is 732 g/mol. The summed E-state index contributed by atoms with van der Waals surface area (Å²) in [7, 11) is -3.51. The van der Waals surface area contributed by atoms with Crippen molar-refractivity contribution in [3.63, 3.8) is 0 Å². The van der Waals surface area contributed by atoms with Gasteiger partial charge in [-0.3, -0.25) is 19.1 Å². The second-order valence-corrected chi connectivity index (χ2v) is 16.1. The van der Waals surface area contributed by atoms with E-state index in [0.717, 1.165) is 36.8 Å². The molecule has 2 aromatic carbocycles. The zero-order chi connectivity index (χ0) is 36.6. The number of halogens is 1. The zero-order valence-electron chi connectivity index (χ0n) is 28.9. The third-order valence-corrected chi connectivity index (χ3v) is 11.9. The van der Waals surface area contributed by atoms with Crippen LogP contribution in [-0.4, -0.2) is 64.9 Å². The molecule has 3 amide bonds. The Morgan fingerprint density at radius 1 is 1.06 bits per heavy atom. The number of nitrogens with one attached hydrogen (secondary N) is 1. The quantitative estimate of drug-likeness (QED) is 0.119. The molecule has 274 valence electrons. The van der Waals surface area contributed by atoms with Crippen molar-refractivity contribution >= 4 is 49.8 Å². The molecule has 4 aromatic rings. The summed E-state index contributed by atoms with van der Waals surface area (Å²) < 4.78 is 52.8. The minimum Gasteiger partial charge on any atom is -0.470 e. The van der Waals surface area contributed by atoms with Crippen LogP contribution in [0.4, 0.5) is 4.39 Å². The molecule has 3 heterocycles. The van der Waals surface area contributed by atoms with Crippen LogP contribution >= 0.6 is 0 Å². The van der Waals surface area contributed by atoms with Crippen LogP contribution in [0.2, 0.25) is 0 Å². The fraction of sp³-hybridized carbons (Fsp3) is 0.447. The lowest BCUT2D eigenvalue weighted by Crippen LogP contribution is -2.43. The molecule has 1 saturated heterocycles. The van der Waals surface area contributed by atoms with Gasteiger partial charge >= 0.3 is 0 Å². The maximum Gasteiger partial charge on any atom is 0.262 e. The predicted octanol–water partition coefficient (Wildman–Crippen LogP) is 5.47. The summed E-state index contributed by atoms with van der Waals surface area (Å²) in [6.45, 7) is 2.12. The number of rotatable bonds is 15. The molecule has 0 radical (unpaired) electrons. The number of hydrogen-bond donors (Lipinski definition) is 2. The number of aryl methyl sites for hydroxylation is 1. The first-order chi connectivity index (χ1) is 25.0. The van der Waals surface area contributed by atoms with E-state index in [4.69, 9.17) is 19.9 Å². The van der Waals surface area contributed by atoms with Crippen molar-refractivity contribution in [2.75, 3.05) is 6.54 Å². The van der Waals surface area contributed by atoms with Crippen LogP contribution in [0, 0.1) is 24.6 Å². The highest BCUT2D eigenvalue weighted by Crippen LogP contribution is 2.41. The van der Waals surface area contributed by atoms with Crippen molar-refractivity contribution < 1.29 is 36.3 Å². The van der Waals surface area contributed by atoms with Gasteiger partial charge in [-0.15, -0.1) is 0 Å². The second kappa shape index (κ2) is 14.6. The van der Waals surface area contributed by atoms with Gasteiger partial charge in [0.25, 0.3) is 5.88 Å². The van der Waals surface area contributed by atoms with Crippen LogP contribution in [0.1, 0.15) is 69.8 Å². The molecule has 2 aromatic heterocycles. The van der Waals surface area contributed by atoms with Gasteiger partial charge in [0.1, 0.15) is 29.1 Å². The summed E-state index contributed by atoms with van der Waals surface area (Å²) in [5.41, 5.74) is 8.60. The molecule has 0 unspecified atom stereocenters. The molecule has 2 aliphatic carbocycles. The number of sulfonamides is 1. The van der Waals surface area contributed by atoms with Crippen LogP contribution < -0.4 is 15.2 Å². The largest absolute Gasteiger partial charge is 0.470 e. The Bertz CT molecular complexity index is 2150. The summed E-state index contributed by atoms with van der Waals surface area (Å²) >= 11 is 0. The van der Waals surface area contributed by atoms with Gasteiger partial charge in [0.05, 0.1) is 11.8 Å². The highest BCUT2D eigenvalue weighted by atomic mass is 32.2. The number of nitrogens with two attached hydrogens (primary N) is 1. The Kier molecular flexibility index (Phi) is 10.0. The fourth-order valence-corrected chi connectivity index (χ4v) is 8.16. The summed E-state index contributed by atoms with van der Waals surface area (Å²) in [6.07, 6.45) is 9.93. The molecule has 4 atom stereocenters. The number of ether oxygens (including phenoxy) is 1. The Morgan fingerprint density at radius 3 is 2.58 bits per heavy atom. The lowest BCUT2D eigenvalue weighted by atomic mass is 10.1. The van der Waals surface area contributed by atoms with E-state index in [1.54, 1.807) is 0 Å². The first-order valence-corrected chi connectivity index (χ1v) is 19.5. The van der Waals surface area contributed by atoms with Gasteiger partial charge in [-0.1, -0.05) is 54.8 Å². The number of aromatic nitrogens is 2. The molecule has 3 N–H and O–H groups in total. The molecule has 2 saturated carbocycles. The van der Waals surface area contributed by atoms with E-state index in [1.807, 2.05) is 43.3 Å². The molecule has 3 fully saturated rings. The first-order valence-electron chi connectivity index (χ1n) is 17.9. The minimum atomic E-state index is -3.51. The SMILES string of the molecule is Cc1ccc(-c2nc(O[C@@H]3C[C@@H](C(N)=O)N(C(=O)CCCCCC/C=C\[C@@H]4C[C@@H]4C(=O)NS(=O)(=O)C4CC4)C3)c3oc4ccc(F)cc4c3n2)cc1. The van der Waals surface area contributed by atoms with E-state index in [2.05, 4.69) is 9.71 Å². The summed E-state index contributed by atoms with van der Waals surface area (Å²) in [5.74, 6) is -1.32. The van der Waals surface area contributed by atoms with Gasteiger partial charge in [-0.25, -0.2) is 17.8 Å². The normalized spacial score (nSPS) is 21.6. The Morgan fingerprint density at radius 2 is 1.83 bits per heavy atom. The van der Waals surface area contributed by atoms with Crippen molar-refractivity contribution in [2.24, 2.45) is 17.6 Å². The van der Waals surface area contributed by atoms with Gasteiger partial charge in [0.15, 0.2) is 5.82 Å². The number of benzene rings is 2. The lowest BCUT2D eigenvalue weighted by Gasteiger charge is -2.21.